The van der Waals surface area contributed by atoms with E-state index in [1.807, 2.05) is 0 Å². The molecule has 0 heterocycles. The van der Waals surface area contributed by atoms with Crippen LogP contribution in [0.2, 0.25) is 0 Å². The summed E-state index contributed by atoms with van der Waals surface area (Å²) in [6.07, 6.45) is -5.46. The topological polar surface area (TPSA) is 26.0 Å². The predicted molar refractivity (Wildman–Crippen MR) is 85.2 cm³/mol. The van der Waals surface area contributed by atoms with Gasteiger partial charge in [-0.25, -0.2) is 0 Å². The van der Waals surface area contributed by atoms with Crippen LogP contribution in [-0.2, 0) is 0 Å². The summed E-state index contributed by atoms with van der Waals surface area (Å²) >= 11 is 57.0. The monoisotopic (exact) mass is 507 g/mol. The summed E-state index contributed by atoms with van der Waals surface area (Å²) in [5.41, 5.74) is 5.39. The van der Waals surface area contributed by atoms with Crippen molar-refractivity contribution < 1.29 is 13.2 Å². The maximum atomic E-state index is 13.5. The molecule has 21 heavy (non-hydrogen) atoms. The quantitative estimate of drug-likeness (QED) is 0.307. The molecule has 1 aliphatic carbocycles. The zero-order valence-corrected chi connectivity index (χ0v) is 16.6. The van der Waals surface area contributed by atoms with E-state index < -0.39 is 33.4 Å². The van der Waals surface area contributed by atoms with Crippen LogP contribution >= 0.6 is 116 Å². The Morgan fingerprint density at radius 2 is 0.857 bits per heavy atom. The van der Waals surface area contributed by atoms with Crippen molar-refractivity contribution >= 4 is 116 Å². The minimum absolute atomic E-state index is 2.84. The van der Waals surface area contributed by atoms with Crippen LogP contribution in [0.4, 0.5) is 13.2 Å². The summed E-state index contributed by atoms with van der Waals surface area (Å²) in [7, 11) is 0. The molecule has 0 aromatic rings. The fourth-order valence-corrected chi connectivity index (χ4v) is 5.63. The molecule has 0 bridgehead atoms. The first-order valence-electron chi connectivity index (χ1n) is 4.50. The summed E-state index contributed by atoms with van der Waals surface area (Å²) in [4.78, 5) is -7.23. The molecule has 126 valence electrons. The molecule has 1 nitrogen and oxygen atoms in total. The van der Waals surface area contributed by atoms with E-state index in [4.69, 9.17) is 122 Å². The van der Waals surface area contributed by atoms with E-state index in [1.165, 1.54) is 0 Å². The first-order valence-corrected chi connectivity index (χ1v) is 8.28. The van der Waals surface area contributed by atoms with Gasteiger partial charge >= 0.3 is 6.18 Å². The molecule has 0 saturated heterocycles. The third kappa shape index (κ3) is 2.24. The van der Waals surface area contributed by atoms with Crippen LogP contribution in [-0.4, -0.2) is 33.4 Å². The largest absolute Gasteiger partial charge is 0.413 e. The molecule has 0 amide bonds. The molecule has 0 aromatic heterocycles. The molecule has 0 spiro atoms. The fraction of sp³-hybridized carbons (Fsp3) is 1.00. The van der Waals surface area contributed by atoms with Crippen molar-refractivity contribution in [1.29, 1.82) is 0 Å². The molecule has 2 atom stereocenters. The van der Waals surface area contributed by atoms with E-state index in [-0.39, 0.29) is 0 Å². The van der Waals surface area contributed by atoms with Gasteiger partial charge in [0, 0.05) is 0 Å². The van der Waals surface area contributed by atoms with Crippen molar-refractivity contribution in [2.75, 3.05) is 0 Å². The van der Waals surface area contributed by atoms with Gasteiger partial charge in [-0.2, -0.15) is 13.2 Å². The Hall–Kier alpha value is 2.65. The number of rotatable bonds is 0. The number of alkyl halides is 13. The van der Waals surface area contributed by atoms with Crippen LogP contribution in [0, 0.1) is 0 Å². The van der Waals surface area contributed by atoms with Crippen LogP contribution in [0.3, 0.4) is 0 Å². The fourth-order valence-electron chi connectivity index (χ4n) is 1.67. The second kappa shape index (κ2) is 5.33. The molecule has 1 fully saturated rings. The van der Waals surface area contributed by atoms with Crippen LogP contribution in [0.25, 0.3) is 0 Å². The Morgan fingerprint density at radius 3 is 1.14 bits per heavy atom. The predicted octanol–water partition coefficient (Wildman–Crippen LogP) is 6.13. The molecule has 2 N–H and O–H groups in total. The van der Waals surface area contributed by atoms with Crippen LogP contribution in [0.1, 0.15) is 0 Å². The lowest BCUT2D eigenvalue weighted by molar-refractivity contribution is -0.181. The highest BCUT2D eigenvalue weighted by atomic mass is 35.6. The van der Waals surface area contributed by atoms with E-state index in [9.17, 15) is 13.2 Å². The minimum atomic E-state index is -5.46. The first kappa shape index (κ1) is 21.7. The Morgan fingerprint density at radius 1 is 0.571 bits per heavy atom. The van der Waals surface area contributed by atoms with Crippen LogP contribution in [0.15, 0.2) is 0 Å². The first-order chi connectivity index (χ1) is 8.75. The number of nitrogens with two attached hydrogens (primary N) is 1. The van der Waals surface area contributed by atoms with Crippen molar-refractivity contribution in [3.05, 3.63) is 0 Å². The average Bonchev–Trinajstić information content (AvgIpc) is 2.23. The lowest BCUT2D eigenvalue weighted by Crippen LogP contribution is -2.87. The average molecular weight is 512 g/mol. The Labute approximate surface area is 167 Å². The van der Waals surface area contributed by atoms with Gasteiger partial charge < -0.3 is 5.73 Å². The third-order valence-electron chi connectivity index (χ3n) is 2.96. The zero-order chi connectivity index (χ0) is 17.5. The maximum absolute atomic E-state index is 13.5. The van der Waals surface area contributed by atoms with Crippen molar-refractivity contribution in [1.82, 2.24) is 0 Å². The van der Waals surface area contributed by atoms with Crippen LogP contribution in [0.5, 0.6) is 0 Å². The summed E-state index contributed by atoms with van der Waals surface area (Å²) < 4.78 is 28.2. The SMILES string of the molecule is NC1(Cl)C(Cl)(Cl)C(Cl)(Cl)C(Cl)(Cl)C(Cl)(Cl)C1(Cl)C(F)(F)F. The Kier molecular flexibility index (Phi) is 5.50. The number of hydrogen-bond acceptors (Lipinski definition) is 1. The molecule has 1 saturated carbocycles. The molecule has 0 aliphatic heterocycles. The summed E-state index contributed by atoms with van der Waals surface area (Å²) in [5.74, 6) is 0. The van der Waals surface area contributed by atoms with Gasteiger partial charge in [-0.1, -0.05) is 104 Å². The molecule has 14 heteroatoms. The number of hydrogen-bond donors (Lipinski definition) is 1. The highest BCUT2D eigenvalue weighted by molar-refractivity contribution is 6.77. The van der Waals surface area contributed by atoms with Crippen LogP contribution < -0.4 is 5.73 Å². The number of halogens is 13. The van der Waals surface area contributed by atoms with Crippen molar-refractivity contribution in [3.8, 4) is 0 Å². The second-order valence-corrected chi connectivity index (χ2v) is 10.6. The van der Waals surface area contributed by atoms with E-state index in [0.29, 0.717) is 0 Å². The molecule has 0 radical (unpaired) electrons. The summed E-state index contributed by atoms with van der Waals surface area (Å²) in [5, 5.41) is 0. The van der Waals surface area contributed by atoms with Gasteiger partial charge in [0.2, 0.25) is 4.87 Å². The van der Waals surface area contributed by atoms with Crippen molar-refractivity contribution in [2.24, 2.45) is 5.73 Å². The maximum Gasteiger partial charge on any atom is 0.413 e. The van der Waals surface area contributed by atoms with Crippen molar-refractivity contribution in [3.63, 3.8) is 0 Å². The molecule has 1 rings (SSSR count). The van der Waals surface area contributed by atoms with E-state index in [0.717, 1.165) is 0 Å². The summed E-state index contributed by atoms with van der Waals surface area (Å²) in [6, 6.07) is 0. The highest BCUT2D eigenvalue weighted by Gasteiger charge is 2.92. The van der Waals surface area contributed by atoms with Gasteiger partial charge in [0.25, 0.3) is 0 Å². The van der Waals surface area contributed by atoms with E-state index in [2.05, 4.69) is 0 Å². The van der Waals surface area contributed by atoms with E-state index in [1.54, 1.807) is 0 Å². The van der Waals surface area contributed by atoms with Crippen molar-refractivity contribution in [2.45, 2.75) is 33.4 Å². The van der Waals surface area contributed by atoms with Gasteiger partial charge in [-0.05, 0) is 0 Å². The second-order valence-electron chi connectivity index (χ2n) is 4.17. The third-order valence-corrected chi connectivity index (χ3v) is 10.5. The van der Waals surface area contributed by atoms with Gasteiger partial charge in [0.15, 0.2) is 22.3 Å². The lowest BCUT2D eigenvalue weighted by Gasteiger charge is -2.63. The Bertz CT molecular complexity index is 426. The van der Waals surface area contributed by atoms with Gasteiger partial charge in [-0.3, -0.25) is 0 Å². The molecule has 1 aliphatic rings. The molecular formula is C7H2Cl10F3N. The highest BCUT2D eigenvalue weighted by Crippen LogP contribution is 2.77. The summed E-state index contributed by atoms with van der Waals surface area (Å²) in [6.45, 7) is 0. The van der Waals surface area contributed by atoms with Gasteiger partial charge in [0.05, 0.1) is 0 Å². The molecular weight excluding hydrogens is 510 g/mol. The normalized spacial score (nSPS) is 40.9. The Balaban J connectivity index is 3.93. The smallest absolute Gasteiger partial charge is 0.308 e. The lowest BCUT2D eigenvalue weighted by atomic mass is 9.79. The van der Waals surface area contributed by atoms with Gasteiger partial charge in [0.1, 0.15) is 0 Å². The standard InChI is InChI=1S/C7H2Cl10F3N/c8-1(7(18,19)20)2(9,10)3(11,12)4(13,14)5(15,16)6(1,17)21/h21H2. The molecule has 2 unspecified atom stereocenters. The minimum Gasteiger partial charge on any atom is -0.308 e. The zero-order valence-electron chi connectivity index (χ0n) is 8.99. The van der Waals surface area contributed by atoms with E-state index >= 15 is 0 Å². The van der Waals surface area contributed by atoms with Gasteiger partial charge in [-0.15, -0.1) is 11.6 Å². The molecule has 0 aromatic carbocycles.